The quantitative estimate of drug-likeness (QED) is 0.716. The van der Waals surface area contributed by atoms with Gasteiger partial charge in [-0.2, -0.15) is 5.10 Å². The fourth-order valence-electron chi connectivity index (χ4n) is 1.50. The summed E-state index contributed by atoms with van der Waals surface area (Å²) in [6.45, 7) is 4.05. The molecule has 0 aliphatic rings. The van der Waals surface area contributed by atoms with Gasteiger partial charge in [0.25, 0.3) is 0 Å². The molecule has 1 rings (SSSR count). The lowest BCUT2D eigenvalue weighted by molar-refractivity contribution is -0.122. The Bertz CT molecular complexity index is 418. The molecule has 0 aliphatic heterocycles. The molecule has 1 heterocycles. The van der Waals surface area contributed by atoms with E-state index in [0.717, 1.165) is 5.56 Å². The number of nitrogens with zero attached hydrogens (tertiary/aromatic N) is 2. The number of rotatable bonds is 5. The highest BCUT2D eigenvalue weighted by Crippen LogP contribution is 2.10. The number of amides is 1. The molecule has 1 aromatic heterocycles. The average Bonchev–Trinajstić information content (AvgIpc) is 2.72. The van der Waals surface area contributed by atoms with Gasteiger partial charge in [0.2, 0.25) is 5.91 Å². The van der Waals surface area contributed by atoms with E-state index in [0.29, 0.717) is 0 Å². The van der Waals surface area contributed by atoms with Crippen molar-refractivity contribution in [3.05, 3.63) is 18.0 Å². The first-order valence-electron chi connectivity index (χ1n) is 5.50. The molecular formula is C12H18N4O. The maximum atomic E-state index is 11.6. The van der Waals surface area contributed by atoms with Gasteiger partial charge in [-0.1, -0.05) is 5.92 Å². The molecule has 2 atom stereocenters. The van der Waals surface area contributed by atoms with E-state index in [1.807, 2.05) is 20.2 Å². The van der Waals surface area contributed by atoms with Crippen LogP contribution < -0.4 is 10.6 Å². The predicted molar refractivity (Wildman–Crippen MR) is 66.1 cm³/mol. The van der Waals surface area contributed by atoms with Gasteiger partial charge in [-0.3, -0.25) is 14.8 Å². The standard InChI is InChI=1S/C12H18N4O/c1-5-6-13-12(17)10(3)15-9(2)11-7-14-16(4)8-11/h1,7-10,15H,6H2,2-4H3,(H,13,17). The van der Waals surface area contributed by atoms with Crippen LogP contribution in [0.5, 0.6) is 0 Å². The zero-order chi connectivity index (χ0) is 12.8. The second kappa shape index (κ2) is 6.06. The van der Waals surface area contributed by atoms with Crippen molar-refractivity contribution in [2.75, 3.05) is 6.54 Å². The van der Waals surface area contributed by atoms with Gasteiger partial charge >= 0.3 is 0 Å². The molecule has 0 saturated carbocycles. The molecule has 0 fully saturated rings. The second-order valence-electron chi connectivity index (χ2n) is 3.98. The van der Waals surface area contributed by atoms with E-state index in [1.165, 1.54) is 0 Å². The van der Waals surface area contributed by atoms with Gasteiger partial charge in [0, 0.05) is 24.8 Å². The Kier molecular flexibility index (Phi) is 4.73. The summed E-state index contributed by atoms with van der Waals surface area (Å²) in [6, 6.07) is -0.228. The minimum Gasteiger partial charge on any atom is -0.344 e. The molecule has 0 spiro atoms. The van der Waals surface area contributed by atoms with Crippen LogP contribution in [0.15, 0.2) is 12.4 Å². The molecule has 2 unspecified atom stereocenters. The van der Waals surface area contributed by atoms with E-state index in [-0.39, 0.29) is 24.5 Å². The molecule has 1 amide bonds. The first-order chi connectivity index (χ1) is 8.04. The number of terminal acetylenes is 1. The topological polar surface area (TPSA) is 59.0 Å². The van der Waals surface area contributed by atoms with Crippen LogP contribution in [0.4, 0.5) is 0 Å². The Hall–Kier alpha value is -1.80. The zero-order valence-electron chi connectivity index (χ0n) is 10.4. The summed E-state index contributed by atoms with van der Waals surface area (Å²) >= 11 is 0. The summed E-state index contributed by atoms with van der Waals surface area (Å²) in [5, 5.41) is 9.91. The monoisotopic (exact) mass is 234 g/mol. The molecule has 0 aliphatic carbocycles. The number of aryl methyl sites for hydroxylation is 1. The van der Waals surface area contributed by atoms with Crippen molar-refractivity contribution in [3.8, 4) is 12.3 Å². The molecule has 2 N–H and O–H groups in total. The number of hydrogen-bond acceptors (Lipinski definition) is 3. The van der Waals surface area contributed by atoms with E-state index in [2.05, 4.69) is 21.7 Å². The van der Waals surface area contributed by atoms with Crippen LogP contribution in [0.1, 0.15) is 25.5 Å². The van der Waals surface area contributed by atoms with E-state index >= 15 is 0 Å². The lowest BCUT2D eigenvalue weighted by atomic mass is 10.1. The van der Waals surface area contributed by atoms with Gasteiger partial charge in [-0.25, -0.2) is 0 Å². The third-order valence-electron chi connectivity index (χ3n) is 2.48. The molecule has 17 heavy (non-hydrogen) atoms. The lowest BCUT2D eigenvalue weighted by Gasteiger charge is -2.18. The van der Waals surface area contributed by atoms with E-state index in [4.69, 9.17) is 6.42 Å². The number of hydrogen-bond donors (Lipinski definition) is 2. The van der Waals surface area contributed by atoms with Crippen LogP contribution >= 0.6 is 0 Å². The fraction of sp³-hybridized carbons (Fsp3) is 0.500. The highest BCUT2D eigenvalue weighted by molar-refractivity contribution is 5.81. The van der Waals surface area contributed by atoms with E-state index in [9.17, 15) is 4.79 Å². The van der Waals surface area contributed by atoms with Crippen molar-refractivity contribution >= 4 is 5.91 Å². The van der Waals surface area contributed by atoms with Gasteiger partial charge < -0.3 is 5.32 Å². The maximum absolute atomic E-state index is 11.6. The zero-order valence-corrected chi connectivity index (χ0v) is 10.4. The van der Waals surface area contributed by atoms with Gasteiger partial charge in [0.1, 0.15) is 0 Å². The van der Waals surface area contributed by atoms with Crippen LogP contribution in [-0.2, 0) is 11.8 Å². The van der Waals surface area contributed by atoms with Crippen LogP contribution in [0.2, 0.25) is 0 Å². The Morgan fingerprint density at radius 2 is 2.35 bits per heavy atom. The van der Waals surface area contributed by atoms with Crippen LogP contribution in [-0.4, -0.2) is 28.3 Å². The smallest absolute Gasteiger partial charge is 0.237 e. The molecule has 1 aromatic rings. The minimum absolute atomic E-state index is 0.0651. The van der Waals surface area contributed by atoms with Gasteiger partial charge in [0.05, 0.1) is 18.8 Å². The first kappa shape index (κ1) is 13.3. The van der Waals surface area contributed by atoms with Crippen molar-refractivity contribution < 1.29 is 4.79 Å². The molecule has 0 aromatic carbocycles. The van der Waals surface area contributed by atoms with Crippen molar-refractivity contribution in [3.63, 3.8) is 0 Å². The van der Waals surface area contributed by atoms with E-state index in [1.54, 1.807) is 17.8 Å². The summed E-state index contributed by atoms with van der Waals surface area (Å²) in [5.74, 6) is 2.27. The first-order valence-corrected chi connectivity index (χ1v) is 5.50. The van der Waals surface area contributed by atoms with Crippen molar-refractivity contribution in [2.24, 2.45) is 7.05 Å². The highest BCUT2D eigenvalue weighted by atomic mass is 16.2. The fourth-order valence-corrected chi connectivity index (χ4v) is 1.50. The van der Waals surface area contributed by atoms with Crippen LogP contribution in [0, 0.1) is 12.3 Å². The molecule has 0 saturated heterocycles. The molecule has 5 nitrogen and oxygen atoms in total. The summed E-state index contributed by atoms with van der Waals surface area (Å²) in [7, 11) is 1.86. The maximum Gasteiger partial charge on any atom is 0.237 e. The average molecular weight is 234 g/mol. The number of nitrogens with one attached hydrogen (secondary N) is 2. The van der Waals surface area contributed by atoms with Crippen molar-refractivity contribution in [2.45, 2.75) is 25.9 Å². The number of carbonyl (C=O) groups is 1. The summed E-state index contributed by atoms with van der Waals surface area (Å²) in [6.07, 6.45) is 8.78. The number of aromatic nitrogens is 2. The third kappa shape index (κ3) is 3.93. The molecular weight excluding hydrogens is 216 g/mol. The molecule has 0 radical (unpaired) electrons. The Balaban J connectivity index is 2.48. The van der Waals surface area contributed by atoms with Gasteiger partial charge in [-0.05, 0) is 13.8 Å². The highest BCUT2D eigenvalue weighted by Gasteiger charge is 2.16. The van der Waals surface area contributed by atoms with Crippen LogP contribution in [0.3, 0.4) is 0 Å². The summed E-state index contributed by atoms with van der Waals surface area (Å²) in [5.41, 5.74) is 1.05. The summed E-state index contributed by atoms with van der Waals surface area (Å²) in [4.78, 5) is 11.6. The molecule has 0 bridgehead atoms. The van der Waals surface area contributed by atoms with Gasteiger partial charge in [0.15, 0.2) is 0 Å². The minimum atomic E-state index is -0.293. The van der Waals surface area contributed by atoms with Crippen LogP contribution in [0.25, 0.3) is 0 Å². The third-order valence-corrected chi connectivity index (χ3v) is 2.48. The SMILES string of the molecule is C#CCNC(=O)C(C)NC(C)c1cnn(C)c1. The Morgan fingerprint density at radius 1 is 1.65 bits per heavy atom. The van der Waals surface area contributed by atoms with Crippen molar-refractivity contribution in [1.82, 2.24) is 20.4 Å². The van der Waals surface area contributed by atoms with Crippen molar-refractivity contribution in [1.29, 1.82) is 0 Å². The normalized spacial score (nSPS) is 13.8. The lowest BCUT2D eigenvalue weighted by Crippen LogP contribution is -2.43. The Labute approximate surface area is 102 Å². The number of carbonyl (C=O) groups excluding carboxylic acids is 1. The predicted octanol–water partition coefficient (Wildman–Crippen LogP) is 0.209. The van der Waals surface area contributed by atoms with E-state index < -0.39 is 0 Å². The molecule has 5 heteroatoms. The molecule has 92 valence electrons. The Morgan fingerprint density at radius 3 is 2.88 bits per heavy atom. The largest absolute Gasteiger partial charge is 0.344 e. The summed E-state index contributed by atoms with van der Waals surface area (Å²) < 4.78 is 1.73. The van der Waals surface area contributed by atoms with Gasteiger partial charge in [-0.15, -0.1) is 6.42 Å². The second-order valence-corrected chi connectivity index (χ2v) is 3.98.